The van der Waals surface area contributed by atoms with Crippen molar-refractivity contribution in [2.75, 3.05) is 17.6 Å². The topological polar surface area (TPSA) is 38.0 Å². The minimum absolute atomic E-state index is 0.424. The molecule has 1 aliphatic rings. The summed E-state index contributed by atoms with van der Waals surface area (Å²) in [7, 11) is 0. The predicted octanol–water partition coefficient (Wildman–Crippen LogP) is 2.15. The van der Waals surface area contributed by atoms with Gasteiger partial charge in [0, 0.05) is 23.2 Å². The van der Waals surface area contributed by atoms with Gasteiger partial charge in [-0.25, -0.2) is 0 Å². The maximum Gasteiger partial charge on any atom is 0.0513 e. The highest BCUT2D eigenvalue weighted by atomic mass is 32.2. The van der Waals surface area contributed by atoms with E-state index in [1.54, 1.807) is 0 Å². The molecule has 0 aliphatic carbocycles. The quantitative estimate of drug-likeness (QED) is 0.742. The van der Waals surface area contributed by atoms with Gasteiger partial charge in [-0.2, -0.15) is 0 Å². The van der Waals surface area contributed by atoms with Crippen LogP contribution in [-0.4, -0.2) is 18.3 Å². The average molecular weight is 208 g/mol. The summed E-state index contributed by atoms with van der Waals surface area (Å²) in [5, 5.41) is 3.51. The molecule has 0 saturated heterocycles. The van der Waals surface area contributed by atoms with Crippen LogP contribution in [-0.2, 0) is 0 Å². The van der Waals surface area contributed by atoms with Crippen LogP contribution in [0.1, 0.15) is 11.1 Å². The fourth-order valence-electron chi connectivity index (χ4n) is 1.71. The molecule has 0 fully saturated rings. The number of rotatable bonds is 1. The Kier molecular flexibility index (Phi) is 2.70. The van der Waals surface area contributed by atoms with Crippen LogP contribution in [0.2, 0.25) is 0 Å². The van der Waals surface area contributed by atoms with Crippen molar-refractivity contribution in [1.82, 2.24) is 0 Å². The lowest BCUT2D eigenvalue weighted by Crippen LogP contribution is -2.34. The van der Waals surface area contributed by atoms with Crippen molar-refractivity contribution in [3.63, 3.8) is 0 Å². The summed E-state index contributed by atoms with van der Waals surface area (Å²) in [6, 6.07) is 4.78. The normalized spacial score (nSPS) is 20.1. The molecular formula is C11H16N2S. The number of benzene rings is 1. The zero-order valence-electron chi connectivity index (χ0n) is 8.63. The van der Waals surface area contributed by atoms with Gasteiger partial charge in [-0.1, -0.05) is 12.1 Å². The van der Waals surface area contributed by atoms with E-state index in [9.17, 15) is 0 Å². The molecule has 1 aromatic rings. The Hall–Kier alpha value is -0.670. The number of aryl methyl sites for hydroxylation is 2. The van der Waals surface area contributed by atoms with Crippen LogP contribution in [0.15, 0.2) is 17.0 Å². The molecule has 1 unspecified atom stereocenters. The van der Waals surface area contributed by atoms with Crippen LogP contribution in [0.25, 0.3) is 0 Å². The molecule has 0 bridgehead atoms. The van der Waals surface area contributed by atoms with E-state index in [0.29, 0.717) is 12.6 Å². The molecule has 1 heterocycles. The third-order valence-corrected chi connectivity index (χ3v) is 4.01. The van der Waals surface area contributed by atoms with Crippen LogP contribution >= 0.6 is 11.8 Å². The monoisotopic (exact) mass is 208 g/mol. The zero-order chi connectivity index (χ0) is 10.1. The molecule has 3 N–H and O–H groups in total. The van der Waals surface area contributed by atoms with Gasteiger partial charge in [-0.15, -0.1) is 11.8 Å². The second-order valence-electron chi connectivity index (χ2n) is 3.79. The summed E-state index contributed by atoms with van der Waals surface area (Å²) in [4.78, 5) is 1.40. The second kappa shape index (κ2) is 3.83. The molecule has 1 atom stereocenters. The number of thioether (sulfide) groups is 1. The fraction of sp³-hybridized carbons (Fsp3) is 0.455. The molecule has 0 saturated carbocycles. The lowest BCUT2D eigenvalue weighted by molar-refractivity contribution is 0.800. The van der Waals surface area contributed by atoms with E-state index < -0.39 is 0 Å². The Bertz CT molecular complexity index is 349. The van der Waals surface area contributed by atoms with Crippen LogP contribution in [0.3, 0.4) is 0 Å². The van der Waals surface area contributed by atoms with Crippen LogP contribution in [0.4, 0.5) is 5.69 Å². The smallest absolute Gasteiger partial charge is 0.0513 e. The van der Waals surface area contributed by atoms with Crippen molar-refractivity contribution in [1.29, 1.82) is 0 Å². The minimum Gasteiger partial charge on any atom is -0.379 e. The van der Waals surface area contributed by atoms with Crippen LogP contribution in [0, 0.1) is 13.8 Å². The van der Waals surface area contributed by atoms with Gasteiger partial charge < -0.3 is 11.1 Å². The Morgan fingerprint density at radius 3 is 2.86 bits per heavy atom. The van der Waals surface area contributed by atoms with Crippen molar-refractivity contribution in [2.24, 2.45) is 5.73 Å². The first-order chi connectivity index (χ1) is 6.72. The van der Waals surface area contributed by atoms with Crippen molar-refractivity contribution in [2.45, 2.75) is 24.8 Å². The van der Waals surface area contributed by atoms with Gasteiger partial charge in [0.15, 0.2) is 0 Å². The first-order valence-corrected chi connectivity index (χ1v) is 5.90. The van der Waals surface area contributed by atoms with E-state index in [1.807, 2.05) is 11.8 Å². The SMILES string of the molecule is Cc1ccc(C)c2c1NC(CN)CS2. The van der Waals surface area contributed by atoms with Gasteiger partial charge in [0.2, 0.25) is 0 Å². The first-order valence-electron chi connectivity index (χ1n) is 4.92. The Morgan fingerprint density at radius 2 is 2.14 bits per heavy atom. The maximum atomic E-state index is 5.67. The highest BCUT2D eigenvalue weighted by Crippen LogP contribution is 2.37. The number of nitrogens with two attached hydrogens (primary N) is 1. The van der Waals surface area contributed by atoms with Gasteiger partial charge in [0.25, 0.3) is 0 Å². The maximum absolute atomic E-state index is 5.67. The largest absolute Gasteiger partial charge is 0.379 e. The molecule has 3 heteroatoms. The number of nitrogens with one attached hydrogen (secondary N) is 1. The van der Waals surface area contributed by atoms with E-state index in [-0.39, 0.29) is 0 Å². The molecule has 2 nitrogen and oxygen atoms in total. The molecule has 14 heavy (non-hydrogen) atoms. The summed E-state index contributed by atoms with van der Waals surface area (Å²) >= 11 is 1.92. The Morgan fingerprint density at radius 1 is 1.43 bits per heavy atom. The highest BCUT2D eigenvalue weighted by molar-refractivity contribution is 7.99. The molecule has 76 valence electrons. The third-order valence-electron chi connectivity index (χ3n) is 2.62. The van der Waals surface area contributed by atoms with E-state index >= 15 is 0 Å². The lowest BCUT2D eigenvalue weighted by Gasteiger charge is -2.28. The van der Waals surface area contributed by atoms with E-state index in [1.165, 1.54) is 21.7 Å². The molecule has 0 radical (unpaired) electrons. The number of hydrogen-bond acceptors (Lipinski definition) is 3. The Labute approximate surface area is 89.3 Å². The van der Waals surface area contributed by atoms with Crippen molar-refractivity contribution >= 4 is 17.4 Å². The van der Waals surface area contributed by atoms with Crippen molar-refractivity contribution < 1.29 is 0 Å². The molecule has 0 spiro atoms. The average Bonchev–Trinajstić information content (AvgIpc) is 2.23. The van der Waals surface area contributed by atoms with Gasteiger partial charge in [-0.3, -0.25) is 0 Å². The fourth-order valence-corrected chi connectivity index (χ4v) is 2.95. The molecule has 1 aliphatic heterocycles. The summed E-state index contributed by atoms with van der Waals surface area (Å²) in [5.41, 5.74) is 9.64. The third kappa shape index (κ3) is 1.62. The van der Waals surface area contributed by atoms with Crippen LogP contribution < -0.4 is 11.1 Å². The van der Waals surface area contributed by atoms with Crippen molar-refractivity contribution in [3.8, 4) is 0 Å². The molecule has 0 amide bonds. The molecule has 2 rings (SSSR count). The highest BCUT2D eigenvalue weighted by Gasteiger charge is 2.19. The lowest BCUT2D eigenvalue weighted by atomic mass is 10.1. The predicted molar refractivity (Wildman–Crippen MR) is 63.1 cm³/mol. The summed E-state index contributed by atoms with van der Waals surface area (Å²) in [6.07, 6.45) is 0. The van der Waals surface area contributed by atoms with Gasteiger partial charge in [0.05, 0.1) is 5.69 Å². The zero-order valence-corrected chi connectivity index (χ0v) is 9.45. The van der Waals surface area contributed by atoms with E-state index in [4.69, 9.17) is 5.73 Å². The summed E-state index contributed by atoms with van der Waals surface area (Å²) in [6.45, 7) is 5.01. The van der Waals surface area contributed by atoms with Gasteiger partial charge in [0.1, 0.15) is 0 Å². The van der Waals surface area contributed by atoms with Gasteiger partial charge in [-0.05, 0) is 25.0 Å². The number of fused-ring (bicyclic) bond motifs is 1. The molecular weight excluding hydrogens is 192 g/mol. The summed E-state index contributed by atoms with van der Waals surface area (Å²) < 4.78 is 0. The Balaban J connectivity index is 2.40. The molecule has 1 aromatic carbocycles. The second-order valence-corrected chi connectivity index (χ2v) is 4.82. The number of anilines is 1. The van der Waals surface area contributed by atoms with E-state index in [0.717, 1.165) is 5.75 Å². The van der Waals surface area contributed by atoms with Crippen molar-refractivity contribution in [3.05, 3.63) is 23.3 Å². The van der Waals surface area contributed by atoms with E-state index in [2.05, 4.69) is 31.3 Å². The number of hydrogen-bond donors (Lipinski definition) is 2. The van der Waals surface area contributed by atoms with Crippen LogP contribution in [0.5, 0.6) is 0 Å². The standard InChI is InChI=1S/C11H16N2S/c1-7-3-4-8(2)11-10(7)13-9(5-12)6-14-11/h3-4,9,13H,5-6,12H2,1-2H3. The summed E-state index contributed by atoms with van der Waals surface area (Å²) in [5.74, 6) is 1.08. The molecule has 0 aromatic heterocycles. The minimum atomic E-state index is 0.424. The first kappa shape index (κ1) is 9.87. The van der Waals surface area contributed by atoms with Gasteiger partial charge >= 0.3 is 0 Å².